The number of benzene rings is 2. The molecule has 2 aromatic rings. The Kier molecular flexibility index (Phi) is 7.26. The Morgan fingerprint density at radius 1 is 1.10 bits per heavy atom. The van der Waals surface area contributed by atoms with E-state index in [1.54, 1.807) is 26.0 Å². The lowest BCUT2D eigenvalue weighted by Crippen LogP contribution is -2.43. The summed E-state index contributed by atoms with van der Waals surface area (Å²) in [5.74, 6) is -0.703. The van der Waals surface area contributed by atoms with Crippen LogP contribution >= 0.6 is 23.2 Å². The zero-order chi connectivity index (χ0) is 22.8. The second-order valence-corrected chi connectivity index (χ2v) is 10.1. The topological polar surface area (TPSA) is 95.6 Å². The molecule has 2 N–H and O–H groups in total. The van der Waals surface area contributed by atoms with Gasteiger partial charge in [-0.25, -0.2) is 13.1 Å². The molecule has 0 spiro atoms. The molecule has 2 amide bonds. The lowest BCUT2D eigenvalue weighted by Gasteiger charge is -2.24. The average Bonchev–Trinajstić information content (AvgIpc) is 3.19. The van der Waals surface area contributed by atoms with E-state index in [9.17, 15) is 18.0 Å². The number of nitrogens with zero attached hydrogens (tertiary/aromatic N) is 1. The van der Waals surface area contributed by atoms with Gasteiger partial charge in [-0.05, 0) is 69.2 Å². The molecule has 2 aromatic carbocycles. The van der Waals surface area contributed by atoms with Crippen LogP contribution in [0.3, 0.4) is 0 Å². The van der Waals surface area contributed by atoms with Gasteiger partial charge in [-0.15, -0.1) is 0 Å². The molecule has 1 saturated heterocycles. The monoisotopic (exact) mass is 483 g/mol. The molecule has 1 fully saturated rings. The first-order valence-corrected chi connectivity index (χ1v) is 12.0. The SMILES string of the molecule is CC(C)NS(=O)(=O)c1ccc(NC(=O)C2CCCN2C(=O)c2cc(Cl)ccc2Cl)cc1. The summed E-state index contributed by atoms with van der Waals surface area (Å²) in [7, 11) is -3.62. The molecule has 1 aliphatic rings. The molecule has 1 unspecified atom stereocenters. The molecule has 0 aliphatic carbocycles. The average molecular weight is 484 g/mol. The minimum absolute atomic E-state index is 0.104. The van der Waals surface area contributed by atoms with Crippen LogP contribution in [0.25, 0.3) is 0 Å². The first kappa shape index (κ1) is 23.5. The summed E-state index contributed by atoms with van der Waals surface area (Å²) in [4.78, 5) is 27.4. The zero-order valence-corrected chi connectivity index (χ0v) is 19.4. The summed E-state index contributed by atoms with van der Waals surface area (Å²) in [6.07, 6.45) is 1.20. The Morgan fingerprint density at radius 2 is 1.77 bits per heavy atom. The number of nitrogens with one attached hydrogen (secondary N) is 2. The van der Waals surface area contributed by atoms with Crippen molar-refractivity contribution in [2.75, 3.05) is 11.9 Å². The molecule has 1 aliphatic heterocycles. The number of rotatable bonds is 6. The molecule has 1 atom stereocenters. The van der Waals surface area contributed by atoms with Gasteiger partial charge in [0.1, 0.15) is 6.04 Å². The molecule has 0 aromatic heterocycles. The van der Waals surface area contributed by atoms with Gasteiger partial charge in [0.05, 0.1) is 15.5 Å². The standard InChI is InChI=1S/C21H23Cl2N3O4S/c1-13(2)25-31(29,30)16-8-6-15(7-9-16)24-20(27)19-4-3-11-26(19)21(28)17-12-14(22)5-10-18(17)23/h5-10,12-13,19,25H,3-4,11H2,1-2H3,(H,24,27). The molecule has 31 heavy (non-hydrogen) atoms. The second-order valence-electron chi connectivity index (χ2n) is 7.57. The Balaban J connectivity index is 1.72. The number of hydrogen-bond donors (Lipinski definition) is 2. The molecule has 0 saturated carbocycles. The van der Waals surface area contributed by atoms with E-state index >= 15 is 0 Å². The highest BCUT2D eigenvalue weighted by Crippen LogP contribution is 2.27. The molecule has 7 nitrogen and oxygen atoms in total. The fraction of sp³-hybridized carbons (Fsp3) is 0.333. The van der Waals surface area contributed by atoms with Crippen LogP contribution in [0.15, 0.2) is 47.4 Å². The number of anilines is 1. The van der Waals surface area contributed by atoms with Gasteiger partial charge < -0.3 is 10.2 Å². The highest BCUT2D eigenvalue weighted by atomic mass is 35.5. The summed E-state index contributed by atoms with van der Waals surface area (Å²) < 4.78 is 27.0. The van der Waals surface area contributed by atoms with Crippen molar-refractivity contribution in [3.05, 3.63) is 58.1 Å². The van der Waals surface area contributed by atoms with Crippen molar-refractivity contribution in [3.8, 4) is 0 Å². The van der Waals surface area contributed by atoms with Crippen LogP contribution in [0.2, 0.25) is 10.0 Å². The summed E-state index contributed by atoms with van der Waals surface area (Å²) in [6, 6.07) is 9.61. The highest BCUT2D eigenvalue weighted by molar-refractivity contribution is 7.89. The number of halogens is 2. The Labute approximate surface area is 191 Å². The van der Waals surface area contributed by atoms with Crippen LogP contribution < -0.4 is 10.0 Å². The predicted molar refractivity (Wildman–Crippen MR) is 121 cm³/mol. The Morgan fingerprint density at radius 3 is 2.42 bits per heavy atom. The Hall–Kier alpha value is -2.13. The maximum atomic E-state index is 13.0. The van der Waals surface area contributed by atoms with Crippen molar-refractivity contribution < 1.29 is 18.0 Å². The summed E-state index contributed by atoms with van der Waals surface area (Å²) >= 11 is 12.1. The van der Waals surface area contributed by atoms with E-state index in [4.69, 9.17) is 23.2 Å². The van der Waals surface area contributed by atoms with Crippen LogP contribution in [0, 0.1) is 0 Å². The predicted octanol–water partition coefficient (Wildman–Crippen LogP) is 3.92. The van der Waals surface area contributed by atoms with Crippen molar-refractivity contribution in [2.24, 2.45) is 0 Å². The molecule has 10 heteroatoms. The maximum absolute atomic E-state index is 13.0. The summed E-state index contributed by atoms with van der Waals surface area (Å²) in [6.45, 7) is 3.90. The number of carbonyl (C=O) groups excluding carboxylic acids is 2. The first-order chi connectivity index (χ1) is 14.6. The largest absolute Gasteiger partial charge is 0.327 e. The molecular formula is C21H23Cl2N3O4S. The van der Waals surface area contributed by atoms with Crippen molar-refractivity contribution in [2.45, 2.75) is 43.7 Å². The van der Waals surface area contributed by atoms with E-state index in [1.165, 1.54) is 35.2 Å². The minimum Gasteiger partial charge on any atom is -0.327 e. The summed E-state index contributed by atoms with van der Waals surface area (Å²) in [5.41, 5.74) is 0.690. The smallest absolute Gasteiger partial charge is 0.256 e. The second kappa shape index (κ2) is 9.56. The number of likely N-dealkylation sites (tertiary alicyclic amines) is 1. The van der Waals surface area contributed by atoms with Gasteiger partial charge in [0.2, 0.25) is 15.9 Å². The number of amides is 2. The quantitative estimate of drug-likeness (QED) is 0.650. The van der Waals surface area contributed by atoms with Crippen LogP contribution in [-0.4, -0.2) is 43.8 Å². The van der Waals surface area contributed by atoms with Crippen LogP contribution in [0.5, 0.6) is 0 Å². The lowest BCUT2D eigenvalue weighted by molar-refractivity contribution is -0.119. The fourth-order valence-corrected chi connectivity index (χ4v) is 5.04. The zero-order valence-electron chi connectivity index (χ0n) is 17.1. The number of hydrogen-bond acceptors (Lipinski definition) is 4. The third kappa shape index (κ3) is 5.57. The van der Waals surface area contributed by atoms with Crippen molar-refractivity contribution in [3.63, 3.8) is 0 Å². The molecule has 0 bridgehead atoms. The van der Waals surface area contributed by atoms with Crippen LogP contribution in [0.1, 0.15) is 37.0 Å². The van der Waals surface area contributed by atoms with E-state index < -0.39 is 16.1 Å². The van der Waals surface area contributed by atoms with Crippen molar-refractivity contribution in [1.82, 2.24) is 9.62 Å². The van der Waals surface area contributed by atoms with Crippen molar-refractivity contribution in [1.29, 1.82) is 0 Å². The lowest BCUT2D eigenvalue weighted by atomic mass is 10.1. The molecule has 3 rings (SSSR count). The third-order valence-electron chi connectivity index (χ3n) is 4.80. The van der Waals surface area contributed by atoms with Gasteiger partial charge in [-0.3, -0.25) is 9.59 Å². The molecular weight excluding hydrogens is 461 g/mol. The van der Waals surface area contributed by atoms with Gasteiger partial charge >= 0.3 is 0 Å². The fourth-order valence-electron chi connectivity index (χ4n) is 3.42. The van der Waals surface area contributed by atoms with E-state index in [-0.39, 0.29) is 33.3 Å². The number of carbonyl (C=O) groups is 2. The van der Waals surface area contributed by atoms with Gasteiger partial charge in [0.15, 0.2) is 0 Å². The van der Waals surface area contributed by atoms with Gasteiger partial charge in [-0.1, -0.05) is 23.2 Å². The van der Waals surface area contributed by atoms with E-state index in [2.05, 4.69) is 10.0 Å². The van der Waals surface area contributed by atoms with Gasteiger partial charge in [-0.2, -0.15) is 0 Å². The van der Waals surface area contributed by atoms with Gasteiger partial charge in [0, 0.05) is 23.3 Å². The maximum Gasteiger partial charge on any atom is 0.256 e. The van der Waals surface area contributed by atoms with E-state index in [0.717, 1.165) is 0 Å². The number of sulfonamides is 1. The molecule has 166 valence electrons. The van der Waals surface area contributed by atoms with Crippen LogP contribution in [-0.2, 0) is 14.8 Å². The van der Waals surface area contributed by atoms with Crippen LogP contribution in [0.4, 0.5) is 5.69 Å². The van der Waals surface area contributed by atoms with Gasteiger partial charge in [0.25, 0.3) is 5.91 Å². The highest BCUT2D eigenvalue weighted by Gasteiger charge is 2.35. The summed E-state index contributed by atoms with van der Waals surface area (Å²) in [5, 5.41) is 3.41. The first-order valence-electron chi connectivity index (χ1n) is 9.78. The van der Waals surface area contributed by atoms with E-state index in [1.807, 2.05) is 0 Å². The Bertz CT molecular complexity index is 1090. The molecule has 0 radical (unpaired) electrons. The van der Waals surface area contributed by atoms with E-state index in [0.29, 0.717) is 30.1 Å². The normalized spacial score (nSPS) is 16.5. The minimum atomic E-state index is -3.62. The third-order valence-corrected chi connectivity index (χ3v) is 7.04. The van der Waals surface area contributed by atoms with Crippen molar-refractivity contribution >= 4 is 50.7 Å². The molecule has 1 heterocycles.